The number of rotatable bonds is 4. The highest BCUT2D eigenvalue weighted by Gasteiger charge is 2.37. The zero-order chi connectivity index (χ0) is 21.9. The van der Waals surface area contributed by atoms with Crippen LogP contribution in [-0.2, 0) is 11.0 Å². The number of carbonyl (C=O) groups excluding carboxylic acids is 1. The lowest BCUT2D eigenvalue weighted by Gasteiger charge is -2.24. The average Bonchev–Trinajstić information content (AvgIpc) is 3.13. The molecule has 0 spiro atoms. The molecule has 0 aliphatic carbocycles. The second-order valence-electron chi connectivity index (χ2n) is 7.51. The number of thiazole rings is 1. The smallest absolute Gasteiger partial charge is 0.370 e. The van der Waals surface area contributed by atoms with Crippen LogP contribution in [-0.4, -0.2) is 34.4 Å². The summed E-state index contributed by atoms with van der Waals surface area (Å²) in [5, 5.41) is 17.6. The molecule has 0 radical (unpaired) electrons. The molecule has 0 aliphatic heterocycles. The van der Waals surface area contributed by atoms with Crippen molar-refractivity contribution in [2.75, 3.05) is 5.32 Å². The lowest BCUT2D eigenvalue weighted by atomic mass is 10.1. The van der Waals surface area contributed by atoms with Crippen molar-refractivity contribution in [2.45, 2.75) is 48.7 Å². The van der Waals surface area contributed by atoms with Crippen LogP contribution in [0.3, 0.4) is 0 Å². The van der Waals surface area contributed by atoms with E-state index in [1.54, 1.807) is 27.7 Å². The molecule has 3 rings (SSSR count). The summed E-state index contributed by atoms with van der Waals surface area (Å²) in [7, 11) is 0. The summed E-state index contributed by atoms with van der Waals surface area (Å²) in [6.45, 7) is 6.58. The van der Waals surface area contributed by atoms with E-state index in [0.717, 1.165) is 22.1 Å². The topological polar surface area (TPSA) is 80.0 Å². The molecule has 0 saturated carbocycles. The van der Waals surface area contributed by atoms with Gasteiger partial charge < -0.3 is 10.4 Å². The standard InChI is InChI=1S/C17H17Br2F3N4O2S/c1-15(2,18)12(27)25-14-24-10-8(17(20,21)22)5-9-7(11(10)29-14)6-23-26(9)13(28)16(3,4)19/h5-6,13,28H,1-4H3,(H,24,25,27). The molecule has 1 amide bonds. The highest BCUT2D eigenvalue weighted by Crippen LogP contribution is 2.43. The Hall–Kier alpha value is -1.24. The van der Waals surface area contributed by atoms with Gasteiger partial charge in [-0.1, -0.05) is 43.2 Å². The van der Waals surface area contributed by atoms with Crippen molar-refractivity contribution >= 4 is 75.4 Å². The van der Waals surface area contributed by atoms with Crippen LogP contribution in [0.15, 0.2) is 12.3 Å². The maximum absolute atomic E-state index is 13.7. The minimum Gasteiger partial charge on any atom is -0.370 e. The molecule has 6 nitrogen and oxygen atoms in total. The Morgan fingerprint density at radius 3 is 2.41 bits per heavy atom. The number of amides is 1. The Bertz CT molecular complexity index is 1100. The van der Waals surface area contributed by atoms with Crippen LogP contribution in [0.5, 0.6) is 0 Å². The first-order valence-electron chi connectivity index (χ1n) is 8.36. The minimum atomic E-state index is -4.68. The molecule has 3 aromatic rings. The normalized spacial score (nSPS) is 14.6. The molecule has 2 heterocycles. The summed E-state index contributed by atoms with van der Waals surface area (Å²) in [5.41, 5.74) is -1.12. The second-order valence-corrected chi connectivity index (χ2v) is 12.5. The largest absolute Gasteiger partial charge is 0.418 e. The van der Waals surface area contributed by atoms with E-state index in [1.807, 2.05) is 0 Å². The zero-order valence-electron chi connectivity index (χ0n) is 15.7. The fourth-order valence-electron chi connectivity index (χ4n) is 2.58. The van der Waals surface area contributed by atoms with E-state index in [2.05, 4.69) is 47.3 Å². The van der Waals surface area contributed by atoms with E-state index in [-0.39, 0.29) is 20.9 Å². The highest BCUT2D eigenvalue weighted by atomic mass is 79.9. The van der Waals surface area contributed by atoms with Crippen molar-refractivity contribution in [3.05, 3.63) is 17.8 Å². The average molecular weight is 558 g/mol. The summed E-state index contributed by atoms with van der Waals surface area (Å²) in [6, 6.07) is 0.923. The molecule has 0 aliphatic rings. The van der Waals surface area contributed by atoms with Crippen LogP contribution in [0.1, 0.15) is 39.5 Å². The van der Waals surface area contributed by atoms with Gasteiger partial charge in [0.05, 0.1) is 36.1 Å². The van der Waals surface area contributed by atoms with Crippen LogP contribution < -0.4 is 5.32 Å². The van der Waals surface area contributed by atoms with Crippen molar-refractivity contribution in [1.29, 1.82) is 0 Å². The Morgan fingerprint density at radius 1 is 1.28 bits per heavy atom. The van der Waals surface area contributed by atoms with E-state index in [9.17, 15) is 23.1 Å². The number of hydrogen-bond acceptors (Lipinski definition) is 5. The molecule has 1 aromatic carbocycles. The first kappa shape index (κ1) is 22.4. The van der Waals surface area contributed by atoms with Gasteiger partial charge in [-0.3, -0.25) is 4.79 Å². The number of aromatic nitrogens is 3. The van der Waals surface area contributed by atoms with E-state index < -0.39 is 32.5 Å². The monoisotopic (exact) mass is 556 g/mol. The number of nitrogens with one attached hydrogen (secondary N) is 1. The summed E-state index contributed by atoms with van der Waals surface area (Å²) >= 11 is 7.45. The van der Waals surface area contributed by atoms with Crippen LogP contribution in [0.4, 0.5) is 18.3 Å². The number of aliphatic hydroxyl groups is 1. The van der Waals surface area contributed by atoms with Gasteiger partial charge in [-0.15, -0.1) is 0 Å². The fourth-order valence-corrected chi connectivity index (χ4v) is 3.87. The summed E-state index contributed by atoms with van der Waals surface area (Å²) < 4.78 is 40.9. The van der Waals surface area contributed by atoms with Gasteiger partial charge in [0.2, 0.25) is 5.91 Å². The number of fused-ring (bicyclic) bond motifs is 3. The molecule has 1 unspecified atom stereocenters. The number of benzene rings is 1. The van der Waals surface area contributed by atoms with Gasteiger partial charge in [0.25, 0.3) is 0 Å². The third-order valence-corrected chi connectivity index (χ3v) is 5.93. The fraction of sp³-hybridized carbons (Fsp3) is 0.471. The maximum Gasteiger partial charge on any atom is 0.418 e. The van der Waals surface area contributed by atoms with Crippen molar-refractivity contribution < 1.29 is 23.1 Å². The molecule has 29 heavy (non-hydrogen) atoms. The second kappa shape index (κ2) is 7.17. The van der Waals surface area contributed by atoms with Crippen molar-refractivity contribution in [2.24, 2.45) is 0 Å². The Morgan fingerprint density at radius 2 is 1.90 bits per heavy atom. The predicted octanol–water partition coefficient (Wildman–Crippen LogP) is 5.44. The molecule has 158 valence electrons. The van der Waals surface area contributed by atoms with Crippen molar-refractivity contribution in [3.63, 3.8) is 0 Å². The number of carbonyl (C=O) groups is 1. The summed E-state index contributed by atoms with van der Waals surface area (Å²) in [6.07, 6.45) is -4.50. The number of halogens is 5. The van der Waals surface area contributed by atoms with E-state index >= 15 is 0 Å². The third-order valence-electron chi connectivity index (χ3n) is 4.15. The van der Waals surface area contributed by atoms with Crippen molar-refractivity contribution in [3.8, 4) is 0 Å². The van der Waals surface area contributed by atoms with E-state index in [1.165, 1.54) is 6.20 Å². The molecule has 0 bridgehead atoms. The number of anilines is 1. The van der Waals surface area contributed by atoms with Gasteiger partial charge >= 0.3 is 6.18 Å². The van der Waals surface area contributed by atoms with Crippen LogP contribution in [0, 0.1) is 0 Å². The molecule has 0 saturated heterocycles. The van der Waals surface area contributed by atoms with Gasteiger partial charge in [-0.2, -0.15) is 18.3 Å². The molecule has 2 aromatic heterocycles. The number of hydrogen-bond donors (Lipinski definition) is 2. The Labute approximate surface area is 184 Å². The first-order valence-corrected chi connectivity index (χ1v) is 10.8. The molecule has 2 N–H and O–H groups in total. The third kappa shape index (κ3) is 4.30. The molecule has 0 fully saturated rings. The lowest BCUT2D eigenvalue weighted by Crippen LogP contribution is -2.30. The Balaban J connectivity index is 2.26. The zero-order valence-corrected chi connectivity index (χ0v) is 19.7. The molecular formula is C17H17Br2F3N4O2S. The predicted molar refractivity (Wildman–Crippen MR) is 114 cm³/mol. The molecule has 1 atom stereocenters. The SMILES string of the molecule is CC(C)(Br)C(=O)Nc1nc2c(C(F)(F)F)cc3c(cnn3C(O)C(C)(C)Br)c2s1. The van der Waals surface area contributed by atoms with Crippen molar-refractivity contribution in [1.82, 2.24) is 14.8 Å². The van der Waals surface area contributed by atoms with E-state index in [0.29, 0.717) is 5.39 Å². The van der Waals surface area contributed by atoms with Gasteiger partial charge in [-0.05, 0) is 33.8 Å². The number of aliphatic hydroxyl groups excluding tert-OH is 1. The maximum atomic E-state index is 13.7. The number of alkyl halides is 5. The van der Waals surface area contributed by atoms with Gasteiger partial charge in [0, 0.05) is 5.39 Å². The number of nitrogens with zero attached hydrogens (tertiary/aromatic N) is 3. The summed E-state index contributed by atoms with van der Waals surface area (Å²) in [4.78, 5) is 16.2. The molecular weight excluding hydrogens is 541 g/mol. The van der Waals surface area contributed by atoms with Crippen LogP contribution in [0.25, 0.3) is 21.1 Å². The summed E-state index contributed by atoms with van der Waals surface area (Å²) in [5.74, 6) is -0.437. The van der Waals surface area contributed by atoms with Gasteiger partial charge in [0.1, 0.15) is 0 Å². The Kier molecular flexibility index (Phi) is 5.55. The van der Waals surface area contributed by atoms with E-state index in [4.69, 9.17) is 0 Å². The molecule has 12 heteroatoms. The highest BCUT2D eigenvalue weighted by molar-refractivity contribution is 9.10. The first-order chi connectivity index (χ1) is 13.1. The van der Waals surface area contributed by atoms with Crippen LogP contribution >= 0.6 is 43.2 Å². The minimum absolute atomic E-state index is 0.0460. The van der Waals surface area contributed by atoms with Gasteiger partial charge in [0.15, 0.2) is 11.4 Å². The van der Waals surface area contributed by atoms with Crippen LogP contribution in [0.2, 0.25) is 0 Å². The quantitative estimate of drug-likeness (QED) is 0.419. The van der Waals surface area contributed by atoms with Gasteiger partial charge in [-0.25, -0.2) is 9.67 Å². The lowest BCUT2D eigenvalue weighted by molar-refractivity contribution is -0.136.